The highest BCUT2D eigenvalue weighted by atomic mass is 79.9. The Morgan fingerprint density at radius 2 is 2.07 bits per heavy atom. The summed E-state index contributed by atoms with van der Waals surface area (Å²) in [5, 5.41) is 9.22. The van der Waals surface area contributed by atoms with Crippen LogP contribution in [-0.2, 0) is 6.42 Å². The Labute approximate surface area is 99.4 Å². The molecule has 0 aliphatic rings. The average molecular weight is 273 g/mol. The van der Waals surface area contributed by atoms with Crippen molar-refractivity contribution in [2.75, 3.05) is 13.7 Å². The highest BCUT2D eigenvalue weighted by Crippen LogP contribution is 2.29. The zero-order valence-electron chi connectivity index (χ0n) is 9.38. The Morgan fingerprint density at radius 3 is 2.60 bits per heavy atom. The third kappa shape index (κ3) is 3.50. The molecule has 1 aromatic rings. The van der Waals surface area contributed by atoms with Crippen LogP contribution in [0.4, 0.5) is 0 Å². The second-order valence-electron chi connectivity index (χ2n) is 4.46. The van der Waals surface area contributed by atoms with Gasteiger partial charge in [0.2, 0.25) is 0 Å². The molecule has 0 aliphatic heterocycles. The van der Waals surface area contributed by atoms with Crippen LogP contribution >= 0.6 is 15.9 Å². The minimum atomic E-state index is -0.110. The molecule has 1 rings (SSSR count). The summed E-state index contributed by atoms with van der Waals surface area (Å²) in [6.07, 6.45) is 0.806. The molecule has 0 saturated carbocycles. The topological polar surface area (TPSA) is 29.5 Å². The molecular formula is C12H17BrO2. The third-order valence-electron chi connectivity index (χ3n) is 2.35. The Bertz CT molecular complexity index is 334. The molecular weight excluding hydrogens is 256 g/mol. The van der Waals surface area contributed by atoms with Gasteiger partial charge in [0.15, 0.2) is 0 Å². The van der Waals surface area contributed by atoms with Gasteiger partial charge in [0, 0.05) is 11.1 Å². The molecule has 0 radical (unpaired) electrons. The van der Waals surface area contributed by atoms with E-state index in [4.69, 9.17) is 4.74 Å². The number of rotatable bonds is 4. The number of hydrogen-bond acceptors (Lipinski definition) is 2. The maximum absolute atomic E-state index is 9.22. The fourth-order valence-corrected chi connectivity index (χ4v) is 1.78. The smallest absolute Gasteiger partial charge is 0.123 e. The van der Waals surface area contributed by atoms with Crippen LogP contribution in [0.5, 0.6) is 5.75 Å². The van der Waals surface area contributed by atoms with Crippen LogP contribution in [-0.4, -0.2) is 18.8 Å². The summed E-state index contributed by atoms with van der Waals surface area (Å²) in [5.74, 6) is 0.867. The standard InChI is InChI=1S/C12H17BrO2/c1-12(2,8-14)7-9-4-5-10(13)6-11(9)15-3/h4-6,14H,7-8H2,1-3H3. The molecule has 1 N–H and O–H groups in total. The lowest BCUT2D eigenvalue weighted by Crippen LogP contribution is -2.20. The van der Waals surface area contributed by atoms with Crippen molar-refractivity contribution in [1.82, 2.24) is 0 Å². The van der Waals surface area contributed by atoms with E-state index >= 15 is 0 Å². The first kappa shape index (κ1) is 12.5. The summed E-state index contributed by atoms with van der Waals surface area (Å²) >= 11 is 3.40. The molecule has 0 heterocycles. The van der Waals surface area contributed by atoms with E-state index in [1.54, 1.807) is 7.11 Å². The van der Waals surface area contributed by atoms with E-state index in [1.165, 1.54) is 0 Å². The molecule has 0 saturated heterocycles. The highest BCUT2D eigenvalue weighted by molar-refractivity contribution is 9.10. The second kappa shape index (κ2) is 4.99. The summed E-state index contributed by atoms with van der Waals surface area (Å²) < 4.78 is 6.31. The number of hydrogen-bond donors (Lipinski definition) is 1. The minimum absolute atomic E-state index is 0.110. The SMILES string of the molecule is COc1cc(Br)ccc1CC(C)(C)CO. The molecule has 3 heteroatoms. The molecule has 2 nitrogen and oxygen atoms in total. The summed E-state index contributed by atoms with van der Waals surface area (Å²) in [7, 11) is 1.66. The van der Waals surface area contributed by atoms with Crippen molar-refractivity contribution in [2.45, 2.75) is 20.3 Å². The van der Waals surface area contributed by atoms with Gasteiger partial charge in [0.1, 0.15) is 5.75 Å². The average Bonchev–Trinajstić information content (AvgIpc) is 2.20. The monoisotopic (exact) mass is 272 g/mol. The lowest BCUT2D eigenvalue weighted by molar-refractivity contribution is 0.159. The van der Waals surface area contributed by atoms with Gasteiger partial charge in [-0.15, -0.1) is 0 Å². The molecule has 0 atom stereocenters. The summed E-state index contributed by atoms with van der Waals surface area (Å²) in [5.41, 5.74) is 1.01. The van der Waals surface area contributed by atoms with E-state index in [9.17, 15) is 5.11 Å². The van der Waals surface area contributed by atoms with E-state index in [2.05, 4.69) is 15.9 Å². The van der Waals surface area contributed by atoms with Gasteiger partial charge in [-0.3, -0.25) is 0 Å². The summed E-state index contributed by atoms with van der Waals surface area (Å²) in [4.78, 5) is 0. The maximum atomic E-state index is 9.22. The lowest BCUT2D eigenvalue weighted by atomic mass is 9.86. The van der Waals surface area contributed by atoms with Crippen LogP contribution in [0.25, 0.3) is 0 Å². The van der Waals surface area contributed by atoms with Crippen LogP contribution in [0.15, 0.2) is 22.7 Å². The van der Waals surface area contributed by atoms with Crippen LogP contribution in [0, 0.1) is 5.41 Å². The number of halogens is 1. The van der Waals surface area contributed by atoms with Crippen molar-refractivity contribution >= 4 is 15.9 Å². The Hall–Kier alpha value is -0.540. The minimum Gasteiger partial charge on any atom is -0.496 e. The fraction of sp³-hybridized carbons (Fsp3) is 0.500. The van der Waals surface area contributed by atoms with Gasteiger partial charge in [-0.05, 0) is 29.5 Å². The first-order chi connectivity index (χ1) is 6.98. The van der Waals surface area contributed by atoms with E-state index in [-0.39, 0.29) is 12.0 Å². The summed E-state index contributed by atoms with van der Waals surface area (Å²) in [6, 6.07) is 5.97. The Morgan fingerprint density at radius 1 is 1.40 bits per heavy atom. The van der Waals surface area contributed by atoms with Gasteiger partial charge in [-0.2, -0.15) is 0 Å². The third-order valence-corrected chi connectivity index (χ3v) is 2.84. The fourth-order valence-electron chi connectivity index (χ4n) is 1.44. The number of methoxy groups -OCH3 is 1. The largest absolute Gasteiger partial charge is 0.496 e. The molecule has 0 aliphatic carbocycles. The molecule has 0 unspecified atom stereocenters. The Kier molecular flexibility index (Phi) is 4.17. The summed E-state index contributed by atoms with van der Waals surface area (Å²) in [6.45, 7) is 4.25. The van der Waals surface area contributed by atoms with Crippen molar-refractivity contribution < 1.29 is 9.84 Å². The number of ether oxygens (including phenoxy) is 1. The van der Waals surface area contributed by atoms with E-state index in [0.29, 0.717) is 0 Å². The second-order valence-corrected chi connectivity index (χ2v) is 5.37. The van der Waals surface area contributed by atoms with Gasteiger partial charge in [-0.25, -0.2) is 0 Å². The van der Waals surface area contributed by atoms with Gasteiger partial charge < -0.3 is 9.84 Å². The first-order valence-corrected chi connectivity index (χ1v) is 5.71. The molecule has 15 heavy (non-hydrogen) atoms. The first-order valence-electron chi connectivity index (χ1n) is 4.92. The highest BCUT2D eigenvalue weighted by Gasteiger charge is 2.19. The van der Waals surface area contributed by atoms with Crippen LogP contribution in [0.3, 0.4) is 0 Å². The molecule has 1 aromatic carbocycles. The van der Waals surface area contributed by atoms with Crippen molar-refractivity contribution in [1.29, 1.82) is 0 Å². The van der Waals surface area contributed by atoms with Crippen molar-refractivity contribution in [3.63, 3.8) is 0 Å². The van der Waals surface area contributed by atoms with Gasteiger partial charge >= 0.3 is 0 Å². The molecule has 0 fully saturated rings. The number of aliphatic hydroxyl groups excluding tert-OH is 1. The van der Waals surface area contributed by atoms with Crippen LogP contribution < -0.4 is 4.74 Å². The number of benzene rings is 1. The van der Waals surface area contributed by atoms with Crippen LogP contribution in [0.2, 0.25) is 0 Å². The predicted octanol–water partition coefficient (Wildman–Crippen LogP) is 3.02. The van der Waals surface area contributed by atoms with E-state index in [0.717, 1.165) is 22.2 Å². The lowest BCUT2D eigenvalue weighted by Gasteiger charge is -2.22. The molecule has 0 spiro atoms. The number of aliphatic hydroxyl groups is 1. The predicted molar refractivity (Wildman–Crippen MR) is 65.3 cm³/mol. The van der Waals surface area contributed by atoms with Crippen molar-refractivity contribution in [3.8, 4) is 5.75 Å². The zero-order valence-corrected chi connectivity index (χ0v) is 11.0. The van der Waals surface area contributed by atoms with Crippen LogP contribution in [0.1, 0.15) is 19.4 Å². The van der Waals surface area contributed by atoms with Crippen molar-refractivity contribution in [2.24, 2.45) is 5.41 Å². The normalized spacial score (nSPS) is 11.5. The van der Waals surface area contributed by atoms with E-state index < -0.39 is 0 Å². The molecule has 84 valence electrons. The molecule has 0 bridgehead atoms. The van der Waals surface area contributed by atoms with Gasteiger partial charge in [0.05, 0.1) is 7.11 Å². The molecule has 0 aromatic heterocycles. The quantitative estimate of drug-likeness (QED) is 0.913. The van der Waals surface area contributed by atoms with Crippen molar-refractivity contribution in [3.05, 3.63) is 28.2 Å². The van der Waals surface area contributed by atoms with Gasteiger partial charge in [0.25, 0.3) is 0 Å². The zero-order chi connectivity index (χ0) is 11.5. The maximum Gasteiger partial charge on any atom is 0.123 e. The van der Waals surface area contributed by atoms with Gasteiger partial charge in [-0.1, -0.05) is 35.8 Å². The molecule has 0 amide bonds. The Balaban J connectivity index is 2.94. The van der Waals surface area contributed by atoms with E-state index in [1.807, 2.05) is 32.0 Å².